The van der Waals surface area contributed by atoms with Gasteiger partial charge in [-0.3, -0.25) is 0 Å². The molecule has 0 aliphatic carbocycles. The van der Waals surface area contributed by atoms with Crippen LogP contribution in [0.3, 0.4) is 0 Å². The van der Waals surface area contributed by atoms with Gasteiger partial charge in [0.1, 0.15) is 0 Å². The van der Waals surface area contributed by atoms with E-state index in [1.165, 1.54) is 60.9 Å². The van der Waals surface area contributed by atoms with Crippen molar-refractivity contribution in [2.24, 2.45) is 0 Å². The number of benzene rings is 6. The Kier molecular flexibility index (Phi) is 5.60. The van der Waals surface area contributed by atoms with Gasteiger partial charge in [-0.1, -0.05) is 121 Å². The lowest BCUT2D eigenvalue weighted by Gasteiger charge is -2.11. The molecule has 0 fully saturated rings. The molecule has 0 saturated carbocycles. The van der Waals surface area contributed by atoms with Gasteiger partial charge in [0.05, 0.1) is 11.0 Å². The SMILES string of the molecule is c1ccc(-c2ccccc2Cc2ccc(-c3ccc4c(c3)c3ccccc3n4-c3ccccc3)cc2)cc1. The molecule has 0 spiro atoms. The maximum atomic E-state index is 2.36. The van der Waals surface area contributed by atoms with Gasteiger partial charge < -0.3 is 4.57 Å². The molecule has 1 heteroatoms. The van der Waals surface area contributed by atoms with Gasteiger partial charge >= 0.3 is 0 Å². The Labute approximate surface area is 223 Å². The second-order valence-electron chi connectivity index (χ2n) is 9.82. The molecule has 180 valence electrons. The van der Waals surface area contributed by atoms with Crippen molar-refractivity contribution < 1.29 is 0 Å². The Bertz CT molecular complexity index is 1860. The minimum Gasteiger partial charge on any atom is -0.309 e. The van der Waals surface area contributed by atoms with Crippen LogP contribution in [-0.4, -0.2) is 4.57 Å². The summed E-state index contributed by atoms with van der Waals surface area (Å²) in [4.78, 5) is 0. The van der Waals surface area contributed by atoms with E-state index >= 15 is 0 Å². The summed E-state index contributed by atoms with van der Waals surface area (Å²) in [5, 5.41) is 2.56. The first kappa shape index (κ1) is 22.3. The zero-order valence-corrected chi connectivity index (χ0v) is 21.1. The third-order valence-corrected chi connectivity index (χ3v) is 7.47. The number of para-hydroxylation sites is 2. The van der Waals surface area contributed by atoms with Crippen LogP contribution in [0.4, 0.5) is 0 Å². The Balaban J connectivity index is 1.24. The maximum Gasteiger partial charge on any atom is 0.0541 e. The molecule has 1 aromatic heterocycles. The highest BCUT2D eigenvalue weighted by molar-refractivity contribution is 6.10. The molecule has 0 aliphatic heterocycles. The van der Waals surface area contributed by atoms with Crippen molar-refractivity contribution in [3.05, 3.63) is 163 Å². The van der Waals surface area contributed by atoms with Crippen molar-refractivity contribution in [2.45, 2.75) is 6.42 Å². The first-order valence-corrected chi connectivity index (χ1v) is 13.2. The number of rotatable bonds is 5. The molecule has 0 unspecified atom stereocenters. The van der Waals surface area contributed by atoms with Gasteiger partial charge in [-0.15, -0.1) is 0 Å². The first-order chi connectivity index (χ1) is 18.8. The van der Waals surface area contributed by atoms with Crippen LogP contribution in [0.5, 0.6) is 0 Å². The number of hydrogen-bond acceptors (Lipinski definition) is 0. The number of fused-ring (bicyclic) bond motifs is 3. The van der Waals surface area contributed by atoms with E-state index in [9.17, 15) is 0 Å². The van der Waals surface area contributed by atoms with E-state index in [2.05, 4.69) is 156 Å². The summed E-state index contributed by atoms with van der Waals surface area (Å²) in [7, 11) is 0. The van der Waals surface area contributed by atoms with E-state index in [1.807, 2.05) is 0 Å². The van der Waals surface area contributed by atoms with E-state index < -0.39 is 0 Å². The number of hydrogen-bond donors (Lipinski definition) is 0. The lowest BCUT2D eigenvalue weighted by molar-refractivity contribution is 1.18. The molecule has 7 aromatic rings. The highest BCUT2D eigenvalue weighted by atomic mass is 15.0. The second kappa shape index (κ2) is 9.53. The van der Waals surface area contributed by atoms with Crippen LogP contribution in [0.25, 0.3) is 49.7 Å². The minimum absolute atomic E-state index is 0.912. The molecule has 1 heterocycles. The summed E-state index contributed by atoms with van der Waals surface area (Å²) in [6, 6.07) is 54.6. The predicted octanol–water partition coefficient (Wildman–Crippen LogP) is 9.71. The Morgan fingerprint density at radius 2 is 1.05 bits per heavy atom. The molecule has 0 saturated heterocycles. The monoisotopic (exact) mass is 485 g/mol. The third-order valence-electron chi connectivity index (χ3n) is 7.47. The molecule has 0 bridgehead atoms. The van der Waals surface area contributed by atoms with Gasteiger partial charge in [-0.25, -0.2) is 0 Å². The summed E-state index contributed by atoms with van der Waals surface area (Å²) < 4.78 is 2.36. The lowest BCUT2D eigenvalue weighted by Crippen LogP contribution is -1.93. The summed E-state index contributed by atoms with van der Waals surface area (Å²) >= 11 is 0. The van der Waals surface area contributed by atoms with Gasteiger partial charge in [0.25, 0.3) is 0 Å². The zero-order chi connectivity index (χ0) is 25.3. The normalized spacial score (nSPS) is 11.3. The standard InChI is InChI=1S/C37H27N/c1-3-11-29(12-4-1)33-16-8-7-13-31(33)25-27-19-21-28(22-20-27)30-23-24-37-35(26-30)34-17-9-10-18-36(34)38(37)32-14-5-2-6-15-32/h1-24,26H,25H2. The van der Waals surface area contributed by atoms with Gasteiger partial charge in [0.2, 0.25) is 0 Å². The van der Waals surface area contributed by atoms with Gasteiger partial charge in [-0.05, 0) is 70.1 Å². The summed E-state index contributed by atoms with van der Waals surface area (Å²) in [5.74, 6) is 0. The van der Waals surface area contributed by atoms with E-state index in [0.29, 0.717) is 0 Å². The number of nitrogens with zero attached hydrogens (tertiary/aromatic N) is 1. The maximum absolute atomic E-state index is 2.36. The molecule has 0 radical (unpaired) electrons. The van der Waals surface area contributed by atoms with E-state index in [0.717, 1.165) is 6.42 Å². The summed E-state index contributed by atoms with van der Waals surface area (Å²) in [6.45, 7) is 0. The average molecular weight is 486 g/mol. The molecule has 6 aromatic carbocycles. The van der Waals surface area contributed by atoms with Crippen molar-refractivity contribution in [2.75, 3.05) is 0 Å². The Morgan fingerprint density at radius 3 is 1.87 bits per heavy atom. The number of aromatic nitrogens is 1. The largest absolute Gasteiger partial charge is 0.309 e. The van der Waals surface area contributed by atoms with Crippen molar-refractivity contribution in [3.63, 3.8) is 0 Å². The van der Waals surface area contributed by atoms with Crippen LogP contribution < -0.4 is 0 Å². The van der Waals surface area contributed by atoms with E-state index in [-0.39, 0.29) is 0 Å². The Morgan fingerprint density at radius 1 is 0.421 bits per heavy atom. The van der Waals surface area contributed by atoms with Crippen molar-refractivity contribution in [1.82, 2.24) is 4.57 Å². The van der Waals surface area contributed by atoms with Gasteiger partial charge in [-0.2, -0.15) is 0 Å². The topological polar surface area (TPSA) is 4.93 Å². The molecule has 0 N–H and O–H groups in total. The van der Waals surface area contributed by atoms with Crippen molar-refractivity contribution >= 4 is 21.8 Å². The Hall–Kier alpha value is -4.88. The molecule has 0 atom stereocenters. The van der Waals surface area contributed by atoms with Crippen LogP contribution in [0, 0.1) is 0 Å². The minimum atomic E-state index is 0.912. The van der Waals surface area contributed by atoms with Gasteiger partial charge in [0, 0.05) is 16.5 Å². The fourth-order valence-corrected chi connectivity index (χ4v) is 5.62. The highest BCUT2D eigenvalue weighted by Gasteiger charge is 2.13. The second-order valence-corrected chi connectivity index (χ2v) is 9.82. The first-order valence-electron chi connectivity index (χ1n) is 13.2. The molecular weight excluding hydrogens is 458 g/mol. The van der Waals surface area contributed by atoms with Crippen LogP contribution in [0.2, 0.25) is 0 Å². The van der Waals surface area contributed by atoms with Crippen molar-refractivity contribution in [1.29, 1.82) is 0 Å². The summed E-state index contributed by atoms with van der Waals surface area (Å²) in [5.41, 5.74) is 11.4. The fourth-order valence-electron chi connectivity index (χ4n) is 5.62. The predicted molar refractivity (Wildman–Crippen MR) is 161 cm³/mol. The molecular formula is C37H27N. The van der Waals surface area contributed by atoms with Crippen LogP contribution in [-0.2, 0) is 6.42 Å². The molecule has 0 amide bonds. The average Bonchev–Trinajstić information content (AvgIpc) is 3.32. The summed E-state index contributed by atoms with van der Waals surface area (Å²) in [6.07, 6.45) is 0.912. The zero-order valence-electron chi connectivity index (χ0n) is 21.1. The quantitative estimate of drug-likeness (QED) is 0.229. The third kappa shape index (κ3) is 3.99. The highest BCUT2D eigenvalue weighted by Crippen LogP contribution is 2.35. The lowest BCUT2D eigenvalue weighted by atomic mass is 9.94. The molecule has 38 heavy (non-hydrogen) atoms. The molecule has 7 rings (SSSR count). The van der Waals surface area contributed by atoms with Crippen LogP contribution in [0.1, 0.15) is 11.1 Å². The van der Waals surface area contributed by atoms with Gasteiger partial charge in [0.15, 0.2) is 0 Å². The van der Waals surface area contributed by atoms with E-state index in [4.69, 9.17) is 0 Å². The fraction of sp³-hybridized carbons (Fsp3) is 0.0270. The molecule has 0 aliphatic rings. The van der Waals surface area contributed by atoms with E-state index in [1.54, 1.807) is 0 Å². The van der Waals surface area contributed by atoms with Crippen LogP contribution >= 0.6 is 0 Å². The smallest absolute Gasteiger partial charge is 0.0541 e. The van der Waals surface area contributed by atoms with Crippen LogP contribution in [0.15, 0.2) is 152 Å². The molecule has 1 nitrogen and oxygen atoms in total. The van der Waals surface area contributed by atoms with Crippen molar-refractivity contribution in [3.8, 4) is 27.9 Å².